The number of amides is 2. The van der Waals surface area contributed by atoms with Gasteiger partial charge in [-0.3, -0.25) is 13.9 Å². The third-order valence-corrected chi connectivity index (χ3v) is 10.3. The molecular formula is C29H29ClFN3O4S. The van der Waals surface area contributed by atoms with Crippen LogP contribution in [-0.2, 0) is 26.8 Å². The molecule has 204 valence electrons. The number of hydrogen-bond acceptors (Lipinski definition) is 4. The molecule has 39 heavy (non-hydrogen) atoms. The van der Waals surface area contributed by atoms with Gasteiger partial charge in [-0.1, -0.05) is 41.9 Å². The zero-order valence-corrected chi connectivity index (χ0v) is 23.2. The predicted molar refractivity (Wildman–Crippen MR) is 148 cm³/mol. The average Bonchev–Trinajstić information content (AvgIpc) is 3.15. The molecule has 5 rings (SSSR count). The first-order valence-electron chi connectivity index (χ1n) is 12.8. The fraction of sp³-hybridized carbons (Fsp3) is 0.310. The van der Waals surface area contributed by atoms with Gasteiger partial charge in [-0.05, 0) is 67.3 Å². The molecule has 2 amide bonds. The van der Waals surface area contributed by atoms with Crippen molar-refractivity contribution in [3.63, 3.8) is 0 Å². The number of likely N-dealkylation sites (tertiary alicyclic amines) is 1. The first-order chi connectivity index (χ1) is 18.6. The smallest absolute Gasteiger partial charge is 0.267 e. The Morgan fingerprint density at radius 1 is 1.05 bits per heavy atom. The Hall–Kier alpha value is -3.43. The third-order valence-electron chi connectivity index (χ3n) is 8.06. The highest BCUT2D eigenvalue weighted by molar-refractivity contribution is 7.93. The lowest BCUT2D eigenvalue weighted by molar-refractivity contribution is -0.130. The molecule has 1 N–H and O–H groups in total. The van der Waals surface area contributed by atoms with E-state index < -0.39 is 32.2 Å². The fourth-order valence-corrected chi connectivity index (χ4v) is 7.87. The van der Waals surface area contributed by atoms with Gasteiger partial charge in [0.05, 0.1) is 11.7 Å². The summed E-state index contributed by atoms with van der Waals surface area (Å²) in [6, 6.07) is 17.0. The highest BCUT2D eigenvalue weighted by Crippen LogP contribution is 2.53. The van der Waals surface area contributed by atoms with Crippen molar-refractivity contribution >= 4 is 39.1 Å². The molecular weight excluding hydrogens is 541 g/mol. The zero-order chi connectivity index (χ0) is 27.9. The van der Waals surface area contributed by atoms with E-state index in [9.17, 15) is 22.4 Å². The molecule has 0 saturated carbocycles. The Balaban J connectivity index is 1.55. The predicted octanol–water partition coefficient (Wildman–Crippen LogP) is 4.89. The van der Waals surface area contributed by atoms with Gasteiger partial charge < -0.3 is 10.2 Å². The fourth-order valence-electron chi connectivity index (χ4n) is 5.85. The van der Waals surface area contributed by atoms with E-state index in [2.05, 4.69) is 5.32 Å². The highest BCUT2D eigenvalue weighted by Gasteiger charge is 2.54. The van der Waals surface area contributed by atoms with E-state index in [1.807, 2.05) is 25.1 Å². The minimum atomic E-state index is -4.26. The molecule has 2 aliphatic heterocycles. The lowest BCUT2D eigenvalue weighted by Crippen LogP contribution is -2.52. The Kier molecular flexibility index (Phi) is 7.15. The molecule has 10 heteroatoms. The molecule has 0 radical (unpaired) electrons. The van der Waals surface area contributed by atoms with Crippen LogP contribution in [0.1, 0.15) is 48.2 Å². The summed E-state index contributed by atoms with van der Waals surface area (Å²) >= 11 is 6.23. The molecule has 0 aliphatic carbocycles. The molecule has 1 saturated heterocycles. The Labute approximate surface area is 232 Å². The van der Waals surface area contributed by atoms with Crippen LogP contribution in [0.25, 0.3) is 0 Å². The Bertz CT molecular complexity index is 1550. The van der Waals surface area contributed by atoms with E-state index in [0.29, 0.717) is 47.8 Å². The minimum absolute atomic E-state index is 0.0424. The van der Waals surface area contributed by atoms with Crippen LogP contribution >= 0.6 is 11.6 Å². The van der Waals surface area contributed by atoms with Crippen LogP contribution in [0.3, 0.4) is 0 Å². The number of nitrogens with zero attached hydrogens (tertiary/aromatic N) is 2. The van der Waals surface area contributed by atoms with Crippen LogP contribution in [0.5, 0.6) is 0 Å². The maximum Gasteiger partial charge on any atom is 0.267 e. The summed E-state index contributed by atoms with van der Waals surface area (Å²) in [7, 11) is -4.26. The number of halogens is 2. The van der Waals surface area contributed by atoms with Crippen molar-refractivity contribution in [2.75, 3.05) is 17.4 Å². The third kappa shape index (κ3) is 4.67. The van der Waals surface area contributed by atoms with Crippen molar-refractivity contribution in [2.24, 2.45) is 0 Å². The van der Waals surface area contributed by atoms with Gasteiger partial charge in [0.25, 0.3) is 15.9 Å². The standard InChI is InChI=1S/C29H29ClFN3O4S/c1-19-29(13-15-33(16-14-29)20(2)35)23-17-21(28(36)32-18-22-7-3-4-8-24(22)30)11-12-26(23)34(19)39(37,38)27-10-6-5-9-25(27)31/h3-12,17,19H,13-16,18H2,1-2H3,(H,32,36)/t19-/m1/s1. The second kappa shape index (κ2) is 10.3. The summed E-state index contributed by atoms with van der Waals surface area (Å²) in [5.74, 6) is -1.19. The van der Waals surface area contributed by atoms with Gasteiger partial charge in [-0.25, -0.2) is 12.8 Å². The first kappa shape index (κ1) is 27.1. The van der Waals surface area contributed by atoms with E-state index in [-0.39, 0.29) is 18.4 Å². The number of sulfonamides is 1. The van der Waals surface area contributed by atoms with Crippen LogP contribution in [0.4, 0.5) is 10.1 Å². The molecule has 2 aliphatic rings. The number of nitrogens with one attached hydrogen (secondary N) is 1. The van der Waals surface area contributed by atoms with Crippen LogP contribution in [0, 0.1) is 5.82 Å². The molecule has 7 nitrogen and oxygen atoms in total. The summed E-state index contributed by atoms with van der Waals surface area (Å²) in [4.78, 5) is 26.6. The van der Waals surface area contributed by atoms with Crippen molar-refractivity contribution in [3.05, 3.63) is 94.3 Å². The van der Waals surface area contributed by atoms with Crippen molar-refractivity contribution in [2.45, 2.75) is 49.6 Å². The molecule has 1 spiro atoms. The number of carbonyl (C=O) groups excluding carboxylic acids is 2. The van der Waals surface area contributed by atoms with E-state index in [4.69, 9.17) is 11.6 Å². The van der Waals surface area contributed by atoms with Crippen LogP contribution in [0.15, 0.2) is 71.6 Å². The molecule has 1 fully saturated rings. The van der Waals surface area contributed by atoms with Crippen molar-refractivity contribution in [1.82, 2.24) is 10.2 Å². The summed E-state index contributed by atoms with van der Waals surface area (Å²) in [6.45, 7) is 4.48. The number of fused-ring (bicyclic) bond motifs is 2. The number of rotatable bonds is 5. The van der Waals surface area contributed by atoms with Crippen molar-refractivity contribution in [1.29, 1.82) is 0 Å². The molecule has 3 aromatic rings. The van der Waals surface area contributed by atoms with E-state index >= 15 is 0 Å². The van der Waals surface area contributed by atoms with Gasteiger partial charge in [-0.2, -0.15) is 0 Å². The molecule has 0 bridgehead atoms. The van der Waals surface area contributed by atoms with E-state index in [1.54, 1.807) is 29.2 Å². The van der Waals surface area contributed by atoms with Crippen LogP contribution in [-0.4, -0.2) is 44.3 Å². The normalized spacial score (nSPS) is 18.2. The number of carbonyl (C=O) groups is 2. The lowest BCUT2D eigenvalue weighted by Gasteiger charge is -2.43. The molecule has 1 atom stereocenters. The van der Waals surface area contributed by atoms with E-state index in [0.717, 1.165) is 11.6 Å². The molecule has 2 heterocycles. The topological polar surface area (TPSA) is 86.8 Å². The molecule has 0 unspecified atom stereocenters. The first-order valence-corrected chi connectivity index (χ1v) is 14.6. The summed E-state index contributed by atoms with van der Waals surface area (Å²) < 4.78 is 43.7. The van der Waals surface area contributed by atoms with Crippen LogP contribution in [0.2, 0.25) is 5.02 Å². The summed E-state index contributed by atoms with van der Waals surface area (Å²) in [6.07, 6.45) is 1.02. The SMILES string of the molecule is CC(=O)N1CCC2(CC1)c1cc(C(=O)NCc3ccccc3Cl)ccc1N(S(=O)(=O)c1ccccc1F)[C@@H]2C. The summed E-state index contributed by atoms with van der Waals surface area (Å²) in [5.41, 5.74) is 1.63. The van der Waals surface area contributed by atoms with Gasteiger partial charge in [-0.15, -0.1) is 0 Å². The number of hydrogen-bond donors (Lipinski definition) is 1. The van der Waals surface area contributed by atoms with Gasteiger partial charge in [0, 0.05) is 42.6 Å². The van der Waals surface area contributed by atoms with Crippen molar-refractivity contribution < 1.29 is 22.4 Å². The lowest BCUT2D eigenvalue weighted by atomic mass is 9.70. The molecule has 0 aromatic heterocycles. The minimum Gasteiger partial charge on any atom is -0.348 e. The van der Waals surface area contributed by atoms with Crippen LogP contribution < -0.4 is 9.62 Å². The Morgan fingerprint density at radius 2 is 1.72 bits per heavy atom. The zero-order valence-electron chi connectivity index (χ0n) is 21.7. The van der Waals surface area contributed by atoms with Gasteiger partial charge >= 0.3 is 0 Å². The molecule has 3 aromatic carbocycles. The maximum atomic E-state index is 14.7. The quantitative estimate of drug-likeness (QED) is 0.474. The van der Waals surface area contributed by atoms with Gasteiger partial charge in [0.2, 0.25) is 5.91 Å². The Morgan fingerprint density at radius 3 is 2.38 bits per heavy atom. The number of benzene rings is 3. The largest absolute Gasteiger partial charge is 0.348 e. The average molecular weight is 570 g/mol. The van der Waals surface area contributed by atoms with Gasteiger partial charge in [0.1, 0.15) is 10.7 Å². The van der Waals surface area contributed by atoms with Crippen molar-refractivity contribution in [3.8, 4) is 0 Å². The number of anilines is 1. The van der Waals surface area contributed by atoms with Gasteiger partial charge in [0.15, 0.2) is 0 Å². The maximum absolute atomic E-state index is 14.7. The number of piperidine rings is 1. The van der Waals surface area contributed by atoms with E-state index in [1.165, 1.54) is 29.4 Å². The second-order valence-electron chi connectivity index (χ2n) is 10.1. The monoisotopic (exact) mass is 569 g/mol. The second-order valence-corrected chi connectivity index (χ2v) is 12.3. The highest BCUT2D eigenvalue weighted by atomic mass is 35.5. The summed E-state index contributed by atoms with van der Waals surface area (Å²) in [5, 5.41) is 3.44.